The van der Waals surface area contributed by atoms with E-state index in [9.17, 15) is 9.90 Å². The molecule has 0 saturated carbocycles. The average Bonchev–Trinajstić information content (AvgIpc) is 2.60. The summed E-state index contributed by atoms with van der Waals surface area (Å²) < 4.78 is 5.40. The van der Waals surface area contributed by atoms with E-state index in [1.165, 1.54) is 25.1 Å². The standard InChI is InChI=1S/C18H14ClN3O3/c1-18(24,11-25-15-6-2-12(9-20)3-7-15)17(23)22-14-5-4-13(10-21)16(19)8-14/h2-8,24H,11H2,1H3,(H,22,23). The number of aliphatic hydroxyl groups is 1. The number of hydrogen-bond acceptors (Lipinski definition) is 5. The number of amides is 1. The number of hydrogen-bond donors (Lipinski definition) is 2. The van der Waals surface area contributed by atoms with E-state index in [1.54, 1.807) is 24.3 Å². The molecular formula is C18H14ClN3O3. The van der Waals surface area contributed by atoms with Crippen LogP contribution in [-0.2, 0) is 4.79 Å². The summed E-state index contributed by atoms with van der Waals surface area (Å²) in [5.41, 5.74) is -0.674. The van der Waals surface area contributed by atoms with E-state index in [-0.39, 0.29) is 17.2 Å². The number of anilines is 1. The molecular weight excluding hydrogens is 342 g/mol. The molecule has 2 rings (SSSR count). The molecule has 1 amide bonds. The minimum Gasteiger partial charge on any atom is -0.490 e. The topological polar surface area (TPSA) is 106 Å². The Morgan fingerprint density at radius 3 is 2.48 bits per heavy atom. The van der Waals surface area contributed by atoms with Crippen molar-refractivity contribution in [3.63, 3.8) is 0 Å². The van der Waals surface area contributed by atoms with Gasteiger partial charge in [0.05, 0.1) is 22.2 Å². The Hall–Kier alpha value is -3.06. The molecule has 0 aliphatic rings. The van der Waals surface area contributed by atoms with Crippen LogP contribution < -0.4 is 10.1 Å². The molecule has 2 N–H and O–H groups in total. The van der Waals surface area contributed by atoms with Gasteiger partial charge in [-0.25, -0.2) is 0 Å². The van der Waals surface area contributed by atoms with Crippen molar-refractivity contribution in [1.29, 1.82) is 10.5 Å². The number of nitrogens with zero attached hydrogens (tertiary/aromatic N) is 2. The lowest BCUT2D eigenvalue weighted by molar-refractivity contribution is -0.135. The summed E-state index contributed by atoms with van der Waals surface area (Å²) in [7, 11) is 0. The third-order valence-corrected chi connectivity index (χ3v) is 3.65. The Labute approximate surface area is 149 Å². The van der Waals surface area contributed by atoms with Crippen LogP contribution in [0.15, 0.2) is 42.5 Å². The zero-order valence-electron chi connectivity index (χ0n) is 13.3. The molecule has 0 heterocycles. The minimum atomic E-state index is -1.80. The van der Waals surface area contributed by atoms with Gasteiger partial charge in [0.2, 0.25) is 0 Å². The van der Waals surface area contributed by atoms with E-state index >= 15 is 0 Å². The van der Waals surface area contributed by atoms with Gasteiger partial charge in [0, 0.05) is 5.69 Å². The predicted molar refractivity (Wildman–Crippen MR) is 92.1 cm³/mol. The number of rotatable bonds is 5. The van der Waals surface area contributed by atoms with Gasteiger partial charge in [0.25, 0.3) is 5.91 Å². The Morgan fingerprint density at radius 2 is 1.92 bits per heavy atom. The summed E-state index contributed by atoms with van der Waals surface area (Å²) >= 11 is 5.91. The maximum Gasteiger partial charge on any atom is 0.259 e. The molecule has 2 aromatic rings. The lowest BCUT2D eigenvalue weighted by atomic mass is 10.1. The molecule has 6 nitrogen and oxygen atoms in total. The first-order valence-electron chi connectivity index (χ1n) is 7.22. The molecule has 0 saturated heterocycles. The second-order valence-electron chi connectivity index (χ2n) is 5.46. The van der Waals surface area contributed by atoms with Crippen LogP contribution in [-0.4, -0.2) is 23.2 Å². The number of carbonyl (C=O) groups is 1. The van der Waals surface area contributed by atoms with Crippen LogP contribution in [0.1, 0.15) is 18.1 Å². The maximum absolute atomic E-state index is 12.2. The summed E-state index contributed by atoms with van der Waals surface area (Å²) in [6.07, 6.45) is 0. The molecule has 126 valence electrons. The van der Waals surface area contributed by atoms with Crippen molar-refractivity contribution in [2.45, 2.75) is 12.5 Å². The molecule has 1 atom stereocenters. The summed E-state index contributed by atoms with van der Waals surface area (Å²) in [6.45, 7) is 1.03. The zero-order chi connectivity index (χ0) is 18.4. The predicted octanol–water partition coefficient (Wildman–Crippen LogP) is 2.85. The monoisotopic (exact) mass is 355 g/mol. The SMILES string of the molecule is CC(O)(COc1ccc(C#N)cc1)C(=O)Nc1ccc(C#N)c(Cl)c1. The van der Waals surface area contributed by atoms with E-state index in [4.69, 9.17) is 26.9 Å². The van der Waals surface area contributed by atoms with Gasteiger partial charge in [0.15, 0.2) is 5.60 Å². The fourth-order valence-corrected chi connectivity index (χ4v) is 2.09. The van der Waals surface area contributed by atoms with E-state index in [2.05, 4.69) is 5.32 Å². The van der Waals surface area contributed by atoms with Crippen LogP contribution >= 0.6 is 11.6 Å². The number of nitriles is 2. The fraction of sp³-hybridized carbons (Fsp3) is 0.167. The number of carbonyl (C=O) groups excluding carboxylic acids is 1. The molecule has 0 aliphatic heterocycles. The van der Waals surface area contributed by atoms with E-state index in [0.29, 0.717) is 17.0 Å². The summed E-state index contributed by atoms with van der Waals surface area (Å²) in [6, 6.07) is 14.6. The molecule has 0 bridgehead atoms. The molecule has 0 spiro atoms. The molecule has 0 aromatic heterocycles. The lowest BCUT2D eigenvalue weighted by Gasteiger charge is -2.22. The van der Waals surface area contributed by atoms with E-state index in [0.717, 1.165) is 0 Å². The second-order valence-corrected chi connectivity index (χ2v) is 5.87. The number of ether oxygens (including phenoxy) is 1. The Balaban J connectivity index is 2.00. The fourth-order valence-electron chi connectivity index (χ4n) is 1.86. The molecule has 2 aromatic carbocycles. The van der Waals surface area contributed by atoms with Gasteiger partial charge in [-0.05, 0) is 49.4 Å². The highest BCUT2D eigenvalue weighted by atomic mass is 35.5. The van der Waals surface area contributed by atoms with Gasteiger partial charge in [0.1, 0.15) is 18.4 Å². The number of benzene rings is 2. The van der Waals surface area contributed by atoms with Crippen molar-refractivity contribution >= 4 is 23.2 Å². The second kappa shape index (κ2) is 7.67. The van der Waals surface area contributed by atoms with Crippen molar-refractivity contribution in [3.8, 4) is 17.9 Å². The van der Waals surface area contributed by atoms with Crippen molar-refractivity contribution < 1.29 is 14.6 Å². The van der Waals surface area contributed by atoms with Crippen molar-refractivity contribution in [3.05, 3.63) is 58.6 Å². The Bertz CT molecular complexity index is 865. The first-order valence-corrected chi connectivity index (χ1v) is 7.60. The largest absolute Gasteiger partial charge is 0.490 e. The van der Waals surface area contributed by atoms with Crippen molar-refractivity contribution in [1.82, 2.24) is 0 Å². The summed E-state index contributed by atoms with van der Waals surface area (Å²) in [4.78, 5) is 12.2. The smallest absolute Gasteiger partial charge is 0.259 e. The van der Waals surface area contributed by atoms with Gasteiger partial charge in [-0.2, -0.15) is 10.5 Å². The van der Waals surface area contributed by atoms with Crippen molar-refractivity contribution in [2.75, 3.05) is 11.9 Å². The van der Waals surface area contributed by atoms with Crippen molar-refractivity contribution in [2.24, 2.45) is 0 Å². The molecule has 0 aliphatic carbocycles. The quantitative estimate of drug-likeness (QED) is 0.857. The number of halogens is 1. The molecule has 7 heteroatoms. The van der Waals surface area contributed by atoms with Gasteiger partial charge < -0.3 is 15.2 Å². The Morgan fingerprint density at radius 1 is 1.24 bits per heavy atom. The molecule has 0 radical (unpaired) electrons. The first-order chi connectivity index (χ1) is 11.9. The average molecular weight is 356 g/mol. The molecule has 25 heavy (non-hydrogen) atoms. The zero-order valence-corrected chi connectivity index (χ0v) is 14.0. The van der Waals surface area contributed by atoms with Crippen LogP contribution in [0.5, 0.6) is 5.75 Å². The normalized spacial score (nSPS) is 12.4. The van der Waals surface area contributed by atoms with Crippen LogP contribution in [0.2, 0.25) is 5.02 Å². The molecule has 1 unspecified atom stereocenters. The van der Waals surface area contributed by atoms with Crippen LogP contribution in [0.3, 0.4) is 0 Å². The summed E-state index contributed by atoms with van der Waals surface area (Å²) in [5.74, 6) is -0.254. The highest BCUT2D eigenvalue weighted by molar-refractivity contribution is 6.32. The van der Waals surface area contributed by atoms with Gasteiger partial charge >= 0.3 is 0 Å². The van der Waals surface area contributed by atoms with E-state index < -0.39 is 11.5 Å². The van der Waals surface area contributed by atoms with Gasteiger partial charge in [-0.3, -0.25) is 4.79 Å². The lowest BCUT2D eigenvalue weighted by Crippen LogP contribution is -2.45. The highest BCUT2D eigenvalue weighted by Crippen LogP contribution is 2.21. The maximum atomic E-state index is 12.2. The Kier molecular flexibility index (Phi) is 5.61. The minimum absolute atomic E-state index is 0.203. The molecule has 0 fully saturated rings. The van der Waals surface area contributed by atoms with Gasteiger partial charge in [-0.1, -0.05) is 11.6 Å². The summed E-state index contributed by atoms with van der Waals surface area (Å²) in [5, 5.41) is 30.6. The van der Waals surface area contributed by atoms with Crippen LogP contribution in [0.25, 0.3) is 0 Å². The van der Waals surface area contributed by atoms with E-state index in [1.807, 2.05) is 12.1 Å². The van der Waals surface area contributed by atoms with Crippen LogP contribution in [0, 0.1) is 22.7 Å². The van der Waals surface area contributed by atoms with Crippen LogP contribution in [0.4, 0.5) is 5.69 Å². The van der Waals surface area contributed by atoms with Gasteiger partial charge in [-0.15, -0.1) is 0 Å². The number of nitrogens with one attached hydrogen (secondary N) is 1. The third-order valence-electron chi connectivity index (χ3n) is 3.34. The highest BCUT2D eigenvalue weighted by Gasteiger charge is 2.31. The third kappa shape index (κ3) is 4.71. The first kappa shape index (κ1) is 18.3.